The summed E-state index contributed by atoms with van der Waals surface area (Å²) in [7, 11) is -2.10. The summed E-state index contributed by atoms with van der Waals surface area (Å²) in [6, 6.07) is 2.13. The molecule has 0 aromatic heterocycles. The van der Waals surface area contributed by atoms with Crippen molar-refractivity contribution in [3.63, 3.8) is 0 Å². The van der Waals surface area contributed by atoms with Crippen molar-refractivity contribution >= 4 is 16.1 Å². The maximum Gasteiger partial charge on any atom is 0.0493 e. The van der Waals surface area contributed by atoms with E-state index in [2.05, 4.69) is 39.3 Å². The average Bonchev–Trinajstić information content (AvgIpc) is 1.49. The Morgan fingerprint density at radius 3 is 1.25 bits per heavy atom. The molecule has 0 aliphatic rings. The molecule has 0 aromatic rings. The van der Waals surface area contributed by atoms with Gasteiger partial charge in [0.2, 0.25) is 0 Å². The summed E-state index contributed by atoms with van der Waals surface area (Å²) < 4.78 is 0. The lowest BCUT2D eigenvalue weighted by atomic mass is 10.5. The number of aliphatic hydroxyl groups is 1. The first kappa shape index (κ1) is 12.4. The summed E-state index contributed by atoms with van der Waals surface area (Å²) >= 11 is 0. The lowest BCUT2D eigenvalue weighted by Gasteiger charge is -2.25. The summed E-state index contributed by atoms with van der Waals surface area (Å²) in [6.45, 7) is 13.9. The highest BCUT2D eigenvalue weighted by Crippen LogP contribution is 2.19. The smallest absolute Gasteiger partial charge is 0.0493 e. The van der Waals surface area contributed by atoms with Crippen LogP contribution >= 0.6 is 0 Å². The molecule has 0 heterocycles. The van der Waals surface area contributed by atoms with Gasteiger partial charge in [-0.05, 0) is 12.1 Å². The highest BCUT2D eigenvalue weighted by atomic mass is 28.3. The number of hydrogen-bond acceptors (Lipinski definition) is 1. The maximum absolute atomic E-state index is 9.79. The van der Waals surface area contributed by atoms with Gasteiger partial charge >= 0.3 is 0 Å². The molecule has 1 N–H and O–H groups in total. The molecule has 0 saturated carbocycles. The van der Waals surface area contributed by atoms with Crippen LogP contribution in [0.15, 0.2) is 0 Å². The van der Waals surface area contributed by atoms with E-state index in [4.69, 9.17) is 0 Å². The van der Waals surface area contributed by atoms with Crippen LogP contribution in [0.3, 0.4) is 0 Å². The fourth-order valence-corrected chi connectivity index (χ4v) is 4.89. The predicted molar refractivity (Wildman–Crippen MR) is 62.3 cm³/mol. The molecular weight excluding hydrogens is 180 g/mol. The fourth-order valence-electron chi connectivity index (χ4n) is 1.49. The molecule has 0 saturated heterocycles. The Morgan fingerprint density at radius 1 is 0.833 bits per heavy atom. The zero-order valence-corrected chi connectivity index (χ0v) is 11.4. The molecular formula is C9H24OSi2. The number of hydrogen-bond donors (Lipinski definition) is 1. The van der Waals surface area contributed by atoms with Crippen molar-refractivity contribution in [2.24, 2.45) is 0 Å². The minimum absolute atomic E-state index is 0.0247. The summed E-state index contributed by atoms with van der Waals surface area (Å²) in [6.07, 6.45) is -0.0247. The molecule has 1 nitrogen and oxygen atoms in total. The molecule has 0 aromatic carbocycles. The predicted octanol–water partition coefficient (Wildman–Crippen LogP) is 3.02. The minimum Gasteiger partial charge on any atom is -0.394 e. The molecule has 0 rings (SSSR count). The van der Waals surface area contributed by atoms with E-state index in [0.29, 0.717) is 0 Å². The Bertz CT molecular complexity index is 116. The second-order valence-corrected chi connectivity index (χ2v) is 17.2. The second-order valence-electron chi connectivity index (χ2n) is 6.18. The topological polar surface area (TPSA) is 20.2 Å². The van der Waals surface area contributed by atoms with E-state index in [9.17, 15) is 5.11 Å². The highest BCUT2D eigenvalue weighted by molar-refractivity contribution is 6.77. The Balaban J connectivity index is 3.83. The van der Waals surface area contributed by atoms with Gasteiger partial charge in [0.05, 0.1) is 0 Å². The van der Waals surface area contributed by atoms with Gasteiger partial charge in [-0.3, -0.25) is 0 Å². The zero-order chi connectivity index (χ0) is 9.99. The molecule has 0 bridgehead atoms. The minimum atomic E-state index is -1.05. The SMILES string of the molecule is C[Si](C)(C)CC(O)C[Si](C)(C)C. The molecule has 0 fully saturated rings. The molecule has 0 radical (unpaired) electrons. The molecule has 0 aliphatic carbocycles. The van der Waals surface area contributed by atoms with Gasteiger partial charge in [-0.15, -0.1) is 0 Å². The van der Waals surface area contributed by atoms with Gasteiger partial charge < -0.3 is 5.11 Å². The van der Waals surface area contributed by atoms with Crippen molar-refractivity contribution in [2.45, 2.75) is 57.5 Å². The van der Waals surface area contributed by atoms with Crippen LogP contribution in [0.4, 0.5) is 0 Å². The molecule has 0 spiro atoms. The largest absolute Gasteiger partial charge is 0.394 e. The Morgan fingerprint density at radius 2 is 1.08 bits per heavy atom. The van der Waals surface area contributed by atoms with Crippen LogP contribution in [0.25, 0.3) is 0 Å². The summed E-state index contributed by atoms with van der Waals surface area (Å²) in [5.74, 6) is 0. The maximum atomic E-state index is 9.79. The first-order valence-electron chi connectivity index (χ1n) is 4.78. The van der Waals surface area contributed by atoms with Gasteiger partial charge in [-0.25, -0.2) is 0 Å². The normalized spacial score (nSPS) is 14.0. The van der Waals surface area contributed by atoms with Gasteiger partial charge in [-0.2, -0.15) is 0 Å². The molecule has 0 amide bonds. The number of rotatable bonds is 4. The Kier molecular flexibility index (Phi) is 4.20. The third-order valence-electron chi connectivity index (χ3n) is 1.70. The van der Waals surface area contributed by atoms with Gasteiger partial charge in [0, 0.05) is 22.3 Å². The van der Waals surface area contributed by atoms with E-state index in [1.165, 1.54) is 0 Å². The Hall–Kier alpha value is 0.394. The van der Waals surface area contributed by atoms with E-state index in [-0.39, 0.29) is 6.10 Å². The van der Waals surface area contributed by atoms with Crippen molar-refractivity contribution < 1.29 is 5.11 Å². The van der Waals surface area contributed by atoms with Crippen molar-refractivity contribution in [1.29, 1.82) is 0 Å². The lowest BCUT2D eigenvalue weighted by molar-refractivity contribution is 0.212. The van der Waals surface area contributed by atoms with Crippen molar-refractivity contribution in [3.05, 3.63) is 0 Å². The summed E-state index contributed by atoms with van der Waals surface area (Å²) in [4.78, 5) is 0. The van der Waals surface area contributed by atoms with Gasteiger partial charge in [-0.1, -0.05) is 39.3 Å². The van der Waals surface area contributed by atoms with Gasteiger partial charge in [0.15, 0.2) is 0 Å². The number of aliphatic hydroxyl groups excluding tert-OH is 1. The third kappa shape index (κ3) is 8.49. The monoisotopic (exact) mass is 204 g/mol. The Labute approximate surface area is 79.2 Å². The van der Waals surface area contributed by atoms with Crippen LogP contribution in [0.5, 0.6) is 0 Å². The van der Waals surface area contributed by atoms with Crippen LogP contribution in [-0.2, 0) is 0 Å². The van der Waals surface area contributed by atoms with Crippen molar-refractivity contribution in [1.82, 2.24) is 0 Å². The van der Waals surface area contributed by atoms with Gasteiger partial charge in [0.25, 0.3) is 0 Å². The molecule has 3 heteroatoms. The van der Waals surface area contributed by atoms with Crippen LogP contribution in [0.2, 0.25) is 51.4 Å². The highest BCUT2D eigenvalue weighted by Gasteiger charge is 2.23. The standard InChI is InChI=1S/C9H24OSi2/c1-11(2,3)7-9(10)8-12(4,5)6/h9-10H,7-8H2,1-6H3. The first-order valence-corrected chi connectivity index (χ1v) is 12.2. The summed E-state index contributed by atoms with van der Waals surface area (Å²) in [5.41, 5.74) is 0. The van der Waals surface area contributed by atoms with Crippen LogP contribution in [0, 0.1) is 0 Å². The van der Waals surface area contributed by atoms with Crippen LogP contribution in [0.1, 0.15) is 0 Å². The van der Waals surface area contributed by atoms with Crippen LogP contribution in [-0.4, -0.2) is 27.4 Å². The summed E-state index contributed by atoms with van der Waals surface area (Å²) in [5, 5.41) is 9.79. The van der Waals surface area contributed by atoms with E-state index < -0.39 is 16.1 Å². The lowest BCUT2D eigenvalue weighted by Crippen LogP contribution is -2.32. The third-order valence-corrected chi connectivity index (χ3v) is 5.09. The quantitative estimate of drug-likeness (QED) is 0.698. The average molecular weight is 204 g/mol. The van der Waals surface area contributed by atoms with E-state index in [0.717, 1.165) is 12.1 Å². The molecule has 0 atom stereocenters. The first-order chi connectivity index (χ1) is 5.10. The molecule has 0 aliphatic heterocycles. The van der Waals surface area contributed by atoms with E-state index in [1.54, 1.807) is 0 Å². The van der Waals surface area contributed by atoms with Crippen LogP contribution < -0.4 is 0 Å². The van der Waals surface area contributed by atoms with E-state index >= 15 is 0 Å². The van der Waals surface area contributed by atoms with E-state index in [1.807, 2.05) is 0 Å². The van der Waals surface area contributed by atoms with Crippen molar-refractivity contribution in [2.75, 3.05) is 0 Å². The zero-order valence-electron chi connectivity index (χ0n) is 9.44. The molecule has 0 unspecified atom stereocenters. The van der Waals surface area contributed by atoms with Crippen molar-refractivity contribution in [3.8, 4) is 0 Å². The molecule has 74 valence electrons. The van der Waals surface area contributed by atoms with Gasteiger partial charge in [0.1, 0.15) is 0 Å². The second kappa shape index (κ2) is 4.07. The fraction of sp³-hybridized carbons (Fsp3) is 1.00. The molecule has 12 heavy (non-hydrogen) atoms.